The molecule has 4 rings (SSSR count). The second kappa shape index (κ2) is 17.5. The van der Waals surface area contributed by atoms with Gasteiger partial charge in [-0.3, -0.25) is 14.3 Å². The monoisotopic (exact) mass is 694 g/mol. The SMILES string of the molecule is Cc1c(C)c2c(c(C)c1CC#Cc1cn([C@@H]3O[C@H](CO)[C@@H](O)[C@H]3O)c(=O)[nH]c1=O)CCC(C)(CCCC(C)CCCC(C)CCCC(C)C)O2. The molecular formula is C41H62N2O7. The van der Waals surface area contributed by atoms with Crippen molar-refractivity contribution in [3.63, 3.8) is 0 Å². The third-order valence-corrected chi connectivity index (χ3v) is 11.3. The second-order valence-corrected chi connectivity index (χ2v) is 16.0. The molecule has 2 aliphatic rings. The fourth-order valence-electron chi connectivity index (χ4n) is 7.73. The number of rotatable bonds is 15. The molecule has 3 unspecified atom stereocenters. The summed E-state index contributed by atoms with van der Waals surface area (Å²) in [6, 6.07) is 0. The minimum absolute atomic E-state index is 0.0346. The number of H-pyrrole nitrogens is 1. The largest absolute Gasteiger partial charge is 0.487 e. The number of hydrogen-bond donors (Lipinski definition) is 4. The third-order valence-electron chi connectivity index (χ3n) is 11.3. The summed E-state index contributed by atoms with van der Waals surface area (Å²) in [6.45, 7) is 17.5. The van der Waals surface area contributed by atoms with Gasteiger partial charge in [0.15, 0.2) is 6.23 Å². The Bertz CT molecular complexity index is 1630. The number of fused-ring (bicyclic) bond motifs is 1. The summed E-state index contributed by atoms with van der Waals surface area (Å²) in [7, 11) is 0. The van der Waals surface area contributed by atoms with Crippen LogP contribution in [0.2, 0.25) is 0 Å². The predicted molar refractivity (Wildman–Crippen MR) is 198 cm³/mol. The Balaban J connectivity index is 1.37. The third kappa shape index (κ3) is 9.70. The predicted octanol–water partition coefficient (Wildman–Crippen LogP) is 6.19. The second-order valence-electron chi connectivity index (χ2n) is 16.0. The summed E-state index contributed by atoms with van der Waals surface area (Å²) >= 11 is 0. The molecule has 1 aromatic carbocycles. The van der Waals surface area contributed by atoms with Crippen LogP contribution in [0.3, 0.4) is 0 Å². The van der Waals surface area contributed by atoms with Crippen molar-refractivity contribution in [2.75, 3.05) is 6.61 Å². The molecule has 0 saturated carbocycles. The molecule has 7 atom stereocenters. The Labute approximate surface area is 298 Å². The molecule has 278 valence electrons. The topological polar surface area (TPSA) is 134 Å². The highest BCUT2D eigenvalue weighted by Gasteiger charge is 2.44. The van der Waals surface area contributed by atoms with E-state index in [4.69, 9.17) is 9.47 Å². The first-order valence-electron chi connectivity index (χ1n) is 18.9. The summed E-state index contributed by atoms with van der Waals surface area (Å²) in [5, 5.41) is 29.9. The molecule has 9 nitrogen and oxygen atoms in total. The highest BCUT2D eigenvalue weighted by Crippen LogP contribution is 2.43. The van der Waals surface area contributed by atoms with Gasteiger partial charge in [0.1, 0.15) is 35.2 Å². The van der Waals surface area contributed by atoms with Crippen LogP contribution in [0, 0.1) is 50.4 Å². The van der Waals surface area contributed by atoms with Crippen LogP contribution in [-0.4, -0.2) is 55.4 Å². The molecule has 9 heteroatoms. The molecule has 1 saturated heterocycles. The molecule has 3 heterocycles. The number of aliphatic hydroxyl groups is 3. The van der Waals surface area contributed by atoms with Crippen LogP contribution in [0.4, 0.5) is 0 Å². The van der Waals surface area contributed by atoms with Crippen molar-refractivity contribution >= 4 is 0 Å². The van der Waals surface area contributed by atoms with E-state index in [0.717, 1.165) is 69.6 Å². The lowest BCUT2D eigenvalue weighted by atomic mass is 9.82. The summed E-state index contributed by atoms with van der Waals surface area (Å²) in [4.78, 5) is 27.4. The Hall–Kier alpha value is -2.90. The molecular weight excluding hydrogens is 632 g/mol. The zero-order chi connectivity index (χ0) is 36.7. The van der Waals surface area contributed by atoms with E-state index >= 15 is 0 Å². The van der Waals surface area contributed by atoms with Gasteiger partial charge in [-0.2, -0.15) is 0 Å². The first-order chi connectivity index (χ1) is 23.7. The van der Waals surface area contributed by atoms with E-state index in [1.165, 1.54) is 63.1 Å². The number of benzene rings is 1. The van der Waals surface area contributed by atoms with Crippen molar-refractivity contribution in [1.82, 2.24) is 9.55 Å². The Morgan fingerprint density at radius 1 is 0.940 bits per heavy atom. The number of aromatic nitrogens is 2. The Morgan fingerprint density at radius 2 is 1.58 bits per heavy atom. The molecule has 0 aliphatic carbocycles. The summed E-state index contributed by atoms with van der Waals surface area (Å²) in [6.07, 6.45) is 9.90. The van der Waals surface area contributed by atoms with Crippen LogP contribution >= 0.6 is 0 Å². The van der Waals surface area contributed by atoms with Crippen molar-refractivity contribution < 1.29 is 24.8 Å². The van der Waals surface area contributed by atoms with Gasteiger partial charge in [0.25, 0.3) is 5.56 Å². The number of ether oxygens (including phenoxy) is 2. The lowest BCUT2D eigenvalue weighted by Gasteiger charge is -2.38. The maximum absolute atomic E-state index is 12.6. The van der Waals surface area contributed by atoms with Gasteiger partial charge >= 0.3 is 5.69 Å². The van der Waals surface area contributed by atoms with Crippen LogP contribution in [0.5, 0.6) is 5.75 Å². The van der Waals surface area contributed by atoms with Gasteiger partial charge < -0.3 is 24.8 Å². The van der Waals surface area contributed by atoms with Crippen molar-refractivity contribution in [1.29, 1.82) is 0 Å². The van der Waals surface area contributed by atoms with Crippen molar-refractivity contribution in [3.8, 4) is 17.6 Å². The zero-order valence-corrected chi connectivity index (χ0v) is 31.7. The maximum Gasteiger partial charge on any atom is 0.330 e. The Morgan fingerprint density at radius 3 is 2.20 bits per heavy atom. The molecule has 2 aromatic rings. The average Bonchev–Trinajstić information content (AvgIpc) is 3.34. The van der Waals surface area contributed by atoms with Gasteiger partial charge in [-0.1, -0.05) is 84.5 Å². The van der Waals surface area contributed by atoms with Gasteiger partial charge in [-0.25, -0.2) is 4.79 Å². The van der Waals surface area contributed by atoms with E-state index < -0.39 is 42.4 Å². The molecule has 0 bridgehead atoms. The number of aromatic amines is 1. The lowest BCUT2D eigenvalue weighted by Crippen LogP contribution is -2.38. The van der Waals surface area contributed by atoms with Gasteiger partial charge in [-0.15, -0.1) is 0 Å². The molecule has 0 amide bonds. The normalized spacial score (nSPS) is 24.4. The van der Waals surface area contributed by atoms with E-state index in [9.17, 15) is 24.9 Å². The van der Waals surface area contributed by atoms with Crippen molar-refractivity contribution in [2.45, 2.75) is 163 Å². The zero-order valence-electron chi connectivity index (χ0n) is 31.7. The van der Waals surface area contributed by atoms with Crippen LogP contribution in [-0.2, 0) is 17.6 Å². The smallest absolute Gasteiger partial charge is 0.330 e. The van der Waals surface area contributed by atoms with E-state index in [1.54, 1.807) is 0 Å². The fraction of sp³-hybridized carbons (Fsp3) is 0.707. The fourth-order valence-corrected chi connectivity index (χ4v) is 7.73. The van der Waals surface area contributed by atoms with E-state index in [2.05, 4.69) is 72.2 Å². The summed E-state index contributed by atoms with van der Waals surface area (Å²) in [5.74, 6) is 9.40. The standard InChI is InChI=1S/C41H62N2O7/c1-25(2)13-9-14-26(3)15-10-16-27(4)17-12-21-41(8)22-20-33-30(7)32(28(5)29(6)37(33)50-41)19-11-18-31-23-43(40(48)42-38(31)47)39-36(46)35(45)34(24-44)49-39/h23,25-27,34-36,39,44-46H,9-10,12-17,19-22,24H2,1-8H3,(H,42,47,48)/t26?,27?,34-,35-,36-,39-,41?/m1/s1. The molecule has 0 spiro atoms. The quantitative estimate of drug-likeness (QED) is 0.163. The average molecular weight is 695 g/mol. The highest BCUT2D eigenvalue weighted by molar-refractivity contribution is 5.56. The molecule has 0 radical (unpaired) electrons. The molecule has 4 N–H and O–H groups in total. The van der Waals surface area contributed by atoms with Crippen LogP contribution in [0.15, 0.2) is 15.8 Å². The molecule has 2 aliphatic heterocycles. The van der Waals surface area contributed by atoms with Crippen LogP contribution in [0.25, 0.3) is 0 Å². The lowest BCUT2D eigenvalue weighted by molar-refractivity contribution is -0.0550. The van der Waals surface area contributed by atoms with Gasteiger partial charge in [0, 0.05) is 12.6 Å². The number of nitrogens with zero attached hydrogens (tertiary/aromatic N) is 1. The van der Waals surface area contributed by atoms with Crippen molar-refractivity contribution in [2.24, 2.45) is 17.8 Å². The molecule has 1 fully saturated rings. The van der Waals surface area contributed by atoms with Gasteiger partial charge in [0.2, 0.25) is 0 Å². The summed E-state index contributed by atoms with van der Waals surface area (Å²) in [5.41, 5.74) is 4.15. The van der Waals surface area contributed by atoms with E-state index in [0.29, 0.717) is 6.42 Å². The van der Waals surface area contributed by atoms with Gasteiger partial charge in [0.05, 0.1) is 6.61 Å². The Kier molecular flexibility index (Phi) is 14.0. The highest BCUT2D eigenvalue weighted by atomic mass is 16.6. The minimum Gasteiger partial charge on any atom is -0.487 e. The van der Waals surface area contributed by atoms with E-state index in [-0.39, 0.29) is 11.2 Å². The first kappa shape index (κ1) is 39.9. The summed E-state index contributed by atoms with van der Waals surface area (Å²) < 4.78 is 13.3. The van der Waals surface area contributed by atoms with Crippen molar-refractivity contribution in [3.05, 3.63) is 60.4 Å². The first-order valence-corrected chi connectivity index (χ1v) is 18.9. The van der Waals surface area contributed by atoms with E-state index in [1.807, 2.05) is 0 Å². The number of aliphatic hydroxyl groups excluding tert-OH is 3. The maximum atomic E-state index is 12.6. The number of hydrogen-bond acceptors (Lipinski definition) is 7. The van der Waals surface area contributed by atoms with Crippen LogP contribution in [0.1, 0.15) is 138 Å². The number of nitrogens with one attached hydrogen (secondary N) is 1. The molecule has 1 aromatic heterocycles. The minimum atomic E-state index is -1.46. The van der Waals surface area contributed by atoms with Crippen LogP contribution < -0.4 is 16.0 Å². The molecule has 50 heavy (non-hydrogen) atoms. The van der Waals surface area contributed by atoms with Gasteiger partial charge in [-0.05, 0) is 98.9 Å².